The molecule has 1 aliphatic rings. The quantitative estimate of drug-likeness (QED) is 0.327. The Kier molecular flexibility index (Phi) is 4.83. The van der Waals surface area contributed by atoms with E-state index in [0.717, 1.165) is 4.90 Å². The van der Waals surface area contributed by atoms with Gasteiger partial charge in [-0.2, -0.15) is 0 Å². The van der Waals surface area contributed by atoms with E-state index >= 15 is 0 Å². The van der Waals surface area contributed by atoms with Crippen LogP contribution >= 0.6 is 0 Å². The minimum absolute atomic E-state index is 0.109. The smallest absolute Gasteiger partial charge is 0.314 e. The molecular weight excluding hydrogens is 340 g/mol. The van der Waals surface area contributed by atoms with E-state index in [1.807, 2.05) is 0 Å². The number of carbonyl (C=O) groups excluding carboxylic acids is 2. The molecule has 1 aliphatic heterocycles. The van der Waals surface area contributed by atoms with Crippen molar-refractivity contribution >= 4 is 17.5 Å². The predicted molar refractivity (Wildman–Crippen MR) is 91.6 cm³/mol. The van der Waals surface area contributed by atoms with Crippen LogP contribution in [0.3, 0.4) is 0 Å². The zero-order chi connectivity index (χ0) is 18.7. The molecule has 3 rings (SSSR count). The summed E-state index contributed by atoms with van der Waals surface area (Å²) in [5.74, 6) is -0.199. The fourth-order valence-electron chi connectivity index (χ4n) is 2.74. The Labute approximate surface area is 149 Å². The Hall–Kier alpha value is -3.42. The Morgan fingerprint density at radius 2 is 1.73 bits per heavy atom. The van der Waals surface area contributed by atoms with Crippen LogP contribution in [-0.4, -0.2) is 41.9 Å². The van der Waals surface area contributed by atoms with Crippen LogP contribution < -0.4 is 9.47 Å². The lowest BCUT2D eigenvalue weighted by atomic mass is 10.1. The van der Waals surface area contributed by atoms with Gasteiger partial charge in [0.25, 0.3) is 11.8 Å². The molecule has 0 spiro atoms. The maximum absolute atomic E-state index is 12.2. The maximum atomic E-state index is 12.2. The zero-order valence-electron chi connectivity index (χ0n) is 14.0. The Bertz CT molecular complexity index is 845. The monoisotopic (exact) mass is 356 g/mol. The van der Waals surface area contributed by atoms with Crippen LogP contribution in [0.4, 0.5) is 5.69 Å². The maximum Gasteiger partial charge on any atom is 0.314 e. The molecule has 0 bridgehead atoms. The van der Waals surface area contributed by atoms with E-state index in [4.69, 9.17) is 9.47 Å². The number of ether oxygens (including phenoxy) is 2. The molecule has 8 nitrogen and oxygen atoms in total. The first kappa shape index (κ1) is 17.4. The number of methoxy groups -OCH3 is 1. The van der Waals surface area contributed by atoms with E-state index in [0.29, 0.717) is 23.3 Å². The van der Waals surface area contributed by atoms with Gasteiger partial charge < -0.3 is 9.47 Å². The molecule has 8 heteroatoms. The van der Waals surface area contributed by atoms with Crippen molar-refractivity contribution in [3.63, 3.8) is 0 Å². The molecule has 0 fully saturated rings. The third kappa shape index (κ3) is 3.21. The molecule has 0 atom stereocenters. The fraction of sp³-hybridized carbons (Fsp3) is 0.222. The Morgan fingerprint density at radius 3 is 2.31 bits per heavy atom. The van der Waals surface area contributed by atoms with E-state index in [1.54, 1.807) is 30.3 Å². The van der Waals surface area contributed by atoms with Crippen LogP contribution in [0.1, 0.15) is 27.1 Å². The van der Waals surface area contributed by atoms with Gasteiger partial charge in [-0.3, -0.25) is 24.6 Å². The highest BCUT2D eigenvalue weighted by Crippen LogP contribution is 2.31. The van der Waals surface area contributed by atoms with Crippen molar-refractivity contribution in [2.24, 2.45) is 0 Å². The Balaban J connectivity index is 1.60. The van der Waals surface area contributed by atoms with Crippen LogP contribution in [0.25, 0.3) is 0 Å². The third-order valence-corrected chi connectivity index (χ3v) is 4.02. The first-order chi connectivity index (χ1) is 12.5. The van der Waals surface area contributed by atoms with E-state index in [-0.39, 0.29) is 36.4 Å². The average molecular weight is 356 g/mol. The highest BCUT2D eigenvalue weighted by Gasteiger charge is 2.34. The molecule has 2 amide bonds. The number of imide groups is 1. The predicted octanol–water partition coefficient (Wildman–Crippen LogP) is 2.67. The van der Waals surface area contributed by atoms with Gasteiger partial charge in [-0.1, -0.05) is 12.1 Å². The van der Waals surface area contributed by atoms with Crippen LogP contribution in [0.5, 0.6) is 11.5 Å². The van der Waals surface area contributed by atoms with Gasteiger partial charge in [0.1, 0.15) is 5.75 Å². The summed E-state index contributed by atoms with van der Waals surface area (Å²) in [6, 6.07) is 10.9. The van der Waals surface area contributed by atoms with Crippen LogP contribution in [-0.2, 0) is 0 Å². The molecule has 0 N–H and O–H groups in total. The zero-order valence-corrected chi connectivity index (χ0v) is 14.0. The number of nitro benzene ring substituents is 1. The van der Waals surface area contributed by atoms with Crippen molar-refractivity contribution in [1.82, 2.24) is 4.90 Å². The average Bonchev–Trinajstić information content (AvgIpc) is 2.90. The lowest BCUT2D eigenvalue weighted by Crippen LogP contribution is -2.31. The summed E-state index contributed by atoms with van der Waals surface area (Å²) >= 11 is 0. The second kappa shape index (κ2) is 7.22. The molecule has 1 heterocycles. The molecule has 2 aromatic rings. The Morgan fingerprint density at radius 1 is 1.08 bits per heavy atom. The topological polar surface area (TPSA) is 99.0 Å². The molecule has 26 heavy (non-hydrogen) atoms. The third-order valence-electron chi connectivity index (χ3n) is 4.02. The molecule has 0 aromatic heterocycles. The standard InChI is InChI=1S/C18H16N2O6/c1-25-12-7-8-16(15(11-12)20(23)24)26-10-4-9-19-17(21)13-5-2-3-6-14(13)18(19)22/h2-3,5-8,11H,4,9-10H2,1H3. The van der Waals surface area contributed by atoms with Crippen LogP contribution in [0.2, 0.25) is 0 Å². The van der Waals surface area contributed by atoms with Gasteiger partial charge in [0, 0.05) is 6.54 Å². The summed E-state index contributed by atoms with van der Waals surface area (Å²) in [6.45, 7) is 0.302. The minimum atomic E-state index is -0.554. The van der Waals surface area contributed by atoms with Crippen molar-refractivity contribution < 1.29 is 24.0 Å². The molecular formula is C18H16N2O6. The number of nitro groups is 1. The SMILES string of the molecule is COc1ccc(OCCCN2C(=O)c3ccccc3C2=O)c([N+](=O)[O-])c1. The molecule has 0 unspecified atom stereocenters. The van der Waals surface area contributed by atoms with Crippen LogP contribution in [0, 0.1) is 10.1 Å². The van der Waals surface area contributed by atoms with E-state index < -0.39 is 4.92 Å². The van der Waals surface area contributed by atoms with Crippen molar-refractivity contribution in [3.8, 4) is 11.5 Å². The van der Waals surface area contributed by atoms with Gasteiger partial charge >= 0.3 is 5.69 Å². The highest BCUT2D eigenvalue weighted by molar-refractivity contribution is 6.21. The number of fused-ring (bicyclic) bond motifs is 1. The first-order valence-corrected chi connectivity index (χ1v) is 7.93. The molecule has 0 saturated heterocycles. The van der Waals surface area contributed by atoms with Crippen LogP contribution in [0.15, 0.2) is 42.5 Å². The fourth-order valence-corrected chi connectivity index (χ4v) is 2.74. The number of carbonyl (C=O) groups is 2. The number of nitrogens with zero attached hydrogens (tertiary/aromatic N) is 2. The largest absolute Gasteiger partial charge is 0.496 e. The first-order valence-electron chi connectivity index (χ1n) is 7.93. The molecule has 2 aromatic carbocycles. The van der Waals surface area contributed by atoms with Gasteiger partial charge in [0.15, 0.2) is 5.75 Å². The van der Waals surface area contributed by atoms with Crippen molar-refractivity contribution in [2.75, 3.05) is 20.3 Å². The summed E-state index contributed by atoms with van der Waals surface area (Å²) in [4.78, 5) is 36.2. The summed E-state index contributed by atoms with van der Waals surface area (Å²) in [5.41, 5.74) is 0.582. The van der Waals surface area contributed by atoms with Gasteiger partial charge in [0.05, 0.1) is 35.8 Å². The molecule has 134 valence electrons. The molecule has 0 aliphatic carbocycles. The summed E-state index contributed by atoms with van der Waals surface area (Å²) in [6.07, 6.45) is 0.356. The van der Waals surface area contributed by atoms with E-state index in [1.165, 1.54) is 19.2 Å². The van der Waals surface area contributed by atoms with Gasteiger partial charge in [-0.05, 0) is 30.7 Å². The van der Waals surface area contributed by atoms with Gasteiger partial charge in [-0.25, -0.2) is 0 Å². The molecule has 0 radical (unpaired) electrons. The van der Waals surface area contributed by atoms with E-state index in [9.17, 15) is 19.7 Å². The summed E-state index contributed by atoms with van der Waals surface area (Å²) < 4.78 is 10.4. The summed E-state index contributed by atoms with van der Waals surface area (Å²) in [7, 11) is 1.42. The molecule has 0 saturated carbocycles. The normalized spacial score (nSPS) is 12.9. The highest BCUT2D eigenvalue weighted by atomic mass is 16.6. The summed E-state index contributed by atoms with van der Waals surface area (Å²) in [5, 5.41) is 11.1. The lowest BCUT2D eigenvalue weighted by molar-refractivity contribution is -0.385. The second-order valence-corrected chi connectivity index (χ2v) is 5.60. The van der Waals surface area contributed by atoms with Gasteiger partial charge in [-0.15, -0.1) is 0 Å². The number of benzene rings is 2. The number of amides is 2. The van der Waals surface area contributed by atoms with Gasteiger partial charge in [0.2, 0.25) is 0 Å². The van der Waals surface area contributed by atoms with Crippen molar-refractivity contribution in [3.05, 3.63) is 63.7 Å². The number of hydrogen-bond acceptors (Lipinski definition) is 6. The van der Waals surface area contributed by atoms with Crippen molar-refractivity contribution in [2.45, 2.75) is 6.42 Å². The lowest BCUT2D eigenvalue weighted by Gasteiger charge is -2.14. The minimum Gasteiger partial charge on any atom is -0.496 e. The number of rotatable bonds is 7. The van der Waals surface area contributed by atoms with Crippen molar-refractivity contribution in [1.29, 1.82) is 0 Å². The number of hydrogen-bond donors (Lipinski definition) is 0. The van der Waals surface area contributed by atoms with E-state index in [2.05, 4.69) is 0 Å². The second-order valence-electron chi connectivity index (χ2n) is 5.60.